The number of hydrogen-bond donors (Lipinski definition) is 2. The van der Waals surface area contributed by atoms with Gasteiger partial charge in [-0.3, -0.25) is 10.1 Å². The molecule has 1 atom stereocenters. The van der Waals surface area contributed by atoms with Gasteiger partial charge in [-0.2, -0.15) is 5.10 Å². The molecule has 7 heteroatoms. The molecule has 0 saturated carbocycles. The molecular weight excluding hydrogens is 356 g/mol. The summed E-state index contributed by atoms with van der Waals surface area (Å²) in [6, 6.07) is 17.3. The van der Waals surface area contributed by atoms with Gasteiger partial charge < -0.3 is 14.8 Å². The van der Waals surface area contributed by atoms with Crippen molar-refractivity contribution in [2.75, 3.05) is 20.8 Å². The Morgan fingerprint density at radius 2 is 1.71 bits per heavy atom. The predicted molar refractivity (Wildman–Crippen MR) is 105 cm³/mol. The Kier molecular flexibility index (Phi) is 4.99. The number of hydrogen-bond acceptors (Lipinski definition) is 5. The maximum atomic E-state index is 12.3. The molecule has 0 radical (unpaired) electrons. The summed E-state index contributed by atoms with van der Waals surface area (Å²) in [5.74, 6) is 1.49. The first kappa shape index (κ1) is 18.1. The normalized spacial score (nSPS) is 15.6. The zero-order valence-electron chi connectivity index (χ0n) is 15.8. The summed E-state index contributed by atoms with van der Waals surface area (Å²) in [6.07, 6.45) is -0.123. The molecular formula is C21H22N4O3. The molecule has 7 nitrogen and oxygen atoms in total. The highest BCUT2D eigenvalue weighted by Crippen LogP contribution is 2.25. The van der Waals surface area contributed by atoms with Gasteiger partial charge in [0.2, 0.25) is 0 Å². The molecule has 0 bridgehead atoms. The first-order valence-corrected chi connectivity index (χ1v) is 9.06. The number of nitrogens with zero attached hydrogens (tertiary/aromatic N) is 2. The minimum atomic E-state index is -0.123. The molecule has 2 heterocycles. The molecule has 0 fully saturated rings. The van der Waals surface area contributed by atoms with Crippen molar-refractivity contribution in [2.24, 2.45) is 0 Å². The fourth-order valence-electron chi connectivity index (χ4n) is 3.21. The van der Waals surface area contributed by atoms with Gasteiger partial charge in [0.25, 0.3) is 5.91 Å². The Bertz CT molecular complexity index is 964. The number of fused-ring (bicyclic) bond motifs is 1. The predicted octanol–water partition coefficient (Wildman–Crippen LogP) is 2.60. The maximum absolute atomic E-state index is 12.3. The van der Waals surface area contributed by atoms with Crippen LogP contribution in [-0.4, -0.2) is 36.5 Å². The minimum Gasteiger partial charge on any atom is -0.497 e. The van der Waals surface area contributed by atoms with Crippen molar-refractivity contribution in [3.63, 3.8) is 0 Å². The number of carbonyl (C=O) groups is 1. The molecule has 1 unspecified atom stereocenters. The third-order valence-corrected chi connectivity index (χ3v) is 4.81. The average Bonchev–Trinajstić information content (AvgIpc) is 3.20. The summed E-state index contributed by atoms with van der Waals surface area (Å²) in [5.41, 5.74) is 3.36. The molecule has 144 valence electrons. The van der Waals surface area contributed by atoms with E-state index < -0.39 is 0 Å². The van der Waals surface area contributed by atoms with Crippen LogP contribution in [0, 0.1) is 0 Å². The SMILES string of the molecule is COc1ccc(CNC2CNC(=O)c3cc(-c4ccc(OC)cc4)nn32)cc1. The van der Waals surface area contributed by atoms with Crippen molar-refractivity contribution in [3.8, 4) is 22.8 Å². The number of nitrogens with one attached hydrogen (secondary N) is 2. The summed E-state index contributed by atoms with van der Waals surface area (Å²) in [4.78, 5) is 12.3. The zero-order valence-corrected chi connectivity index (χ0v) is 15.8. The van der Waals surface area contributed by atoms with E-state index in [1.165, 1.54) is 0 Å². The Labute approximate surface area is 163 Å². The van der Waals surface area contributed by atoms with Crippen LogP contribution in [0.5, 0.6) is 11.5 Å². The number of amides is 1. The fourth-order valence-corrected chi connectivity index (χ4v) is 3.21. The van der Waals surface area contributed by atoms with Gasteiger partial charge in [-0.25, -0.2) is 4.68 Å². The van der Waals surface area contributed by atoms with Crippen LogP contribution in [0.3, 0.4) is 0 Å². The third-order valence-electron chi connectivity index (χ3n) is 4.81. The number of rotatable bonds is 6. The number of aromatic nitrogens is 2. The lowest BCUT2D eigenvalue weighted by Crippen LogP contribution is -2.45. The summed E-state index contributed by atoms with van der Waals surface area (Å²) in [6.45, 7) is 1.13. The lowest BCUT2D eigenvalue weighted by molar-refractivity contribution is 0.0900. The lowest BCUT2D eigenvalue weighted by Gasteiger charge is -2.25. The Morgan fingerprint density at radius 3 is 2.36 bits per heavy atom. The average molecular weight is 378 g/mol. The van der Waals surface area contributed by atoms with Crippen molar-refractivity contribution in [1.82, 2.24) is 20.4 Å². The summed E-state index contributed by atoms with van der Waals surface area (Å²) >= 11 is 0. The van der Waals surface area contributed by atoms with Crippen LogP contribution in [0.4, 0.5) is 0 Å². The molecule has 3 aromatic rings. The Hall–Kier alpha value is -3.32. The summed E-state index contributed by atoms with van der Waals surface area (Å²) in [7, 11) is 3.28. The van der Waals surface area contributed by atoms with E-state index in [2.05, 4.69) is 15.7 Å². The first-order valence-electron chi connectivity index (χ1n) is 9.06. The van der Waals surface area contributed by atoms with Gasteiger partial charge in [0.1, 0.15) is 23.4 Å². The van der Waals surface area contributed by atoms with Crippen LogP contribution in [0.15, 0.2) is 54.6 Å². The Morgan fingerprint density at radius 1 is 1.07 bits per heavy atom. The van der Waals surface area contributed by atoms with Gasteiger partial charge in [0, 0.05) is 12.1 Å². The largest absolute Gasteiger partial charge is 0.497 e. The quantitative estimate of drug-likeness (QED) is 0.689. The van der Waals surface area contributed by atoms with Gasteiger partial charge in [-0.1, -0.05) is 12.1 Å². The van der Waals surface area contributed by atoms with E-state index in [1.807, 2.05) is 54.6 Å². The van der Waals surface area contributed by atoms with Gasteiger partial charge in [-0.15, -0.1) is 0 Å². The van der Waals surface area contributed by atoms with E-state index in [0.29, 0.717) is 18.8 Å². The highest BCUT2D eigenvalue weighted by molar-refractivity contribution is 5.94. The van der Waals surface area contributed by atoms with Crippen molar-refractivity contribution >= 4 is 5.91 Å². The molecule has 0 saturated heterocycles. The van der Waals surface area contributed by atoms with Crippen LogP contribution in [0.25, 0.3) is 11.3 Å². The molecule has 0 aliphatic carbocycles. The molecule has 4 rings (SSSR count). The van der Waals surface area contributed by atoms with Crippen LogP contribution in [-0.2, 0) is 6.54 Å². The van der Waals surface area contributed by atoms with Gasteiger partial charge in [0.05, 0.1) is 26.5 Å². The van der Waals surface area contributed by atoms with Gasteiger partial charge in [0.15, 0.2) is 0 Å². The van der Waals surface area contributed by atoms with Crippen LogP contribution in [0.2, 0.25) is 0 Å². The lowest BCUT2D eigenvalue weighted by atomic mass is 10.1. The van der Waals surface area contributed by atoms with Crippen molar-refractivity contribution in [3.05, 3.63) is 65.9 Å². The molecule has 1 amide bonds. The van der Waals surface area contributed by atoms with Crippen molar-refractivity contribution in [1.29, 1.82) is 0 Å². The standard InChI is InChI=1S/C21H22N4O3/c1-27-16-7-3-14(4-8-16)12-22-20-13-23-21(26)19-11-18(24-25(19)20)15-5-9-17(28-2)10-6-15/h3-11,20,22H,12-13H2,1-2H3,(H,23,26). The smallest absolute Gasteiger partial charge is 0.269 e. The van der Waals surface area contributed by atoms with E-state index in [1.54, 1.807) is 18.9 Å². The van der Waals surface area contributed by atoms with Crippen molar-refractivity contribution in [2.45, 2.75) is 12.7 Å². The minimum absolute atomic E-state index is 0.116. The van der Waals surface area contributed by atoms with E-state index in [9.17, 15) is 4.79 Å². The second-order valence-electron chi connectivity index (χ2n) is 6.54. The van der Waals surface area contributed by atoms with E-state index in [-0.39, 0.29) is 12.1 Å². The molecule has 1 aliphatic rings. The van der Waals surface area contributed by atoms with Crippen LogP contribution >= 0.6 is 0 Å². The number of carbonyl (C=O) groups excluding carboxylic acids is 1. The van der Waals surface area contributed by atoms with Gasteiger partial charge in [-0.05, 0) is 48.0 Å². The highest BCUT2D eigenvalue weighted by atomic mass is 16.5. The monoisotopic (exact) mass is 378 g/mol. The second-order valence-corrected chi connectivity index (χ2v) is 6.54. The zero-order chi connectivity index (χ0) is 19.5. The van der Waals surface area contributed by atoms with Crippen molar-refractivity contribution < 1.29 is 14.3 Å². The maximum Gasteiger partial charge on any atom is 0.269 e. The molecule has 2 N–H and O–H groups in total. The van der Waals surface area contributed by atoms with E-state index >= 15 is 0 Å². The summed E-state index contributed by atoms with van der Waals surface area (Å²) in [5, 5.41) is 11.1. The molecule has 1 aromatic heterocycles. The number of ether oxygens (including phenoxy) is 2. The van der Waals surface area contributed by atoms with E-state index in [0.717, 1.165) is 28.3 Å². The van der Waals surface area contributed by atoms with E-state index in [4.69, 9.17) is 9.47 Å². The molecule has 2 aromatic carbocycles. The first-order chi connectivity index (χ1) is 13.7. The Balaban J connectivity index is 1.54. The molecule has 0 spiro atoms. The molecule has 28 heavy (non-hydrogen) atoms. The van der Waals surface area contributed by atoms with Crippen LogP contribution in [0.1, 0.15) is 22.2 Å². The number of methoxy groups -OCH3 is 2. The van der Waals surface area contributed by atoms with Gasteiger partial charge >= 0.3 is 0 Å². The molecule has 1 aliphatic heterocycles. The third kappa shape index (κ3) is 3.57. The topological polar surface area (TPSA) is 77.4 Å². The summed E-state index contributed by atoms with van der Waals surface area (Å²) < 4.78 is 12.2. The van der Waals surface area contributed by atoms with Crippen LogP contribution < -0.4 is 20.1 Å². The second kappa shape index (κ2) is 7.74. The number of benzene rings is 2. The highest BCUT2D eigenvalue weighted by Gasteiger charge is 2.27. The fraction of sp³-hybridized carbons (Fsp3) is 0.238.